The zero-order valence-electron chi connectivity index (χ0n) is 69.1. The molecule has 3 aromatic carbocycles. The number of allylic oxidation sites excluding steroid dienone is 12. The summed E-state index contributed by atoms with van der Waals surface area (Å²) in [4.78, 5) is 179. The van der Waals surface area contributed by atoms with Crippen LogP contribution in [0.2, 0.25) is 0 Å². The molecule has 5 amide bonds. The van der Waals surface area contributed by atoms with Crippen LogP contribution in [-0.4, -0.2) is 180 Å². The van der Waals surface area contributed by atoms with Crippen molar-refractivity contribution < 1.29 is 106 Å². The number of nitrogens with one attached hydrogen (secondary N) is 5. The van der Waals surface area contributed by atoms with E-state index in [0.717, 1.165) is 52.4 Å². The van der Waals surface area contributed by atoms with Gasteiger partial charge in [0.2, 0.25) is 29.7 Å². The van der Waals surface area contributed by atoms with Gasteiger partial charge in [0, 0.05) is 76.3 Å². The van der Waals surface area contributed by atoms with E-state index in [4.69, 9.17) is 39.6 Å². The molecule has 1 aliphatic heterocycles. The van der Waals surface area contributed by atoms with E-state index in [1.54, 1.807) is 54.6 Å². The average molecular weight is 1640 g/mol. The molecule has 1 heterocycles. The number of terminal acetylenes is 1. The Morgan fingerprint density at radius 2 is 1.24 bits per heavy atom. The molecule has 2 saturated carbocycles. The van der Waals surface area contributed by atoms with E-state index in [1.165, 1.54) is 64.1 Å². The van der Waals surface area contributed by atoms with E-state index in [0.29, 0.717) is 44.9 Å². The summed E-state index contributed by atoms with van der Waals surface area (Å²) >= 11 is 0. The van der Waals surface area contributed by atoms with E-state index < -0.39 is 181 Å². The Kier molecular flexibility index (Phi) is 38.0. The first-order valence-electron chi connectivity index (χ1n) is 40.8. The van der Waals surface area contributed by atoms with Crippen LogP contribution in [-0.2, 0) is 85.9 Å². The van der Waals surface area contributed by atoms with Gasteiger partial charge in [0.05, 0.1) is 48.7 Å². The number of rotatable bonds is 47. The number of aliphatic hydroxyl groups is 2. The fourth-order valence-electron chi connectivity index (χ4n) is 15.4. The van der Waals surface area contributed by atoms with Crippen molar-refractivity contribution in [2.45, 2.75) is 230 Å². The van der Waals surface area contributed by atoms with Gasteiger partial charge in [-0.1, -0.05) is 160 Å². The predicted molar refractivity (Wildman–Crippen MR) is 441 cm³/mol. The topological polar surface area (TPSA) is 387 Å². The van der Waals surface area contributed by atoms with Crippen molar-refractivity contribution in [3.05, 3.63) is 192 Å². The lowest BCUT2D eigenvalue weighted by molar-refractivity contribution is -0.346. The Labute approximate surface area is 696 Å². The van der Waals surface area contributed by atoms with Crippen LogP contribution in [0.4, 0.5) is 0 Å². The lowest BCUT2D eigenvalue weighted by Crippen LogP contribution is -2.82. The molecule has 3 fully saturated rings. The van der Waals surface area contributed by atoms with Crippen LogP contribution in [0.25, 0.3) is 0 Å². The molecular weight excluding hydrogens is 1530 g/mol. The lowest BCUT2D eigenvalue weighted by atomic mass is 9.44. The van der Waals surface area contributed by atoms with Gasteiger partial charge in [-0.2, -0.15) is 0 Å². The predicted octanol–water partition coefficient (Wildman–Crippen LogP) is 9.90. The number of carbonyl (C=O) groups is 13. The second-order valence-corrected chi connectivity index (χ2v) is 30.7. The van der Waals surface area contributed by atoms with E-state index >= 15 is 9.59 Å². The summed E-state index contributed by atoms with van der Waals surface area (Å²) in [5, 5.41) is 39.6. The number of amides is 5. The third-order valence-corrected chi connectivity index (χ3v) is 21.8. The minimum Gasteiger partial charge on any atom is -0.455 e. The van der Waals surface area contributed by atoms with Crippen molar-refractivity contribution in [3.8, 4) is 12.3 Å². The molecule has 0 spiro atoms. The van der Waals surface area contributed by atoms with Crippen molar-refractivity contribution in [1.29, 1.82) is 0 Å². The molecule has 7 N–H and O–H groups in total. The first-order valence-corrected chi connectivity index (χ1v) is 40.8. The van der Waals surface area contributed by atoms with Crippen LogP contribution in [0.5, 0.6) is 0 Å². The maximum absolute atomic E-state index is 15.9. The molecule has 1 unspecified atom stereocenters. The number of aliphatic hydroxyl groups excluding tert-OH is 1. The molecule has 3 aromatic rings. The largest absolute Gasteiger partial charge is 0.455 e. The Balaban J connectivity index is 0.931. The highest BCUT2D eigenvalue weighted by Gasteiger charge is 2.78. The molecule has 119 heavy (non-hydrogen) atoms. The number of Topliss-reactive ketones (excluding diaryl/α,β-unsaturated/α-hetero) is 3. The van der Waals surface area contributed by atoms with Crippen LogP contribution in [0, 0.1) is 29.1 Å². The van der Waals surface area contributed by atoms with Crippen LogP contribution >= 0.6 is 0 Å². The number of ketones is 3. The summed E-state index contributed by atoms with van der Waals surface area (Å²) < 4.78 is 42.3. The molecule has 2 bridgehead atoms. The fraction of sp³-hybridized carbons (Fsp3) is 0.489. The Bertz CT molecular complexity index is 4270. The third kappa shape index (κ3) is 27.2. The van der Waals surface area contributed by atoms with Crippen LogP contribution in [0.1, 0.15) is 203 Å². The second kappa shape index (κ2) is 47.5. The van der Waals surface area contributed by atoms with E-state index in [2.05, 4.69) is 100 Å². The van der Waals surface area contributed by atoms with E-state index in [-0.39, 0.29) is 78.2 Å². The number of hydrogen-bond acceptors (Lipinski definition) is 22. The fourth-order valence-corrected chi connectivity index (χ4v) is 15.4. The smallest absolute Gasteiger partial charge is 0.350 e. The molecule has 7 rings (SSSR count). The maximum atomic E-state index is 15.9. The number of unbranched alkanes of at least 4 members (excludes halogenated alkanes) is 3. The minimum atomic E-state index is -2.58. The molecule has 640 valence electrons. The summed E-state index contributed by atoms with van der Waals surface area (Å²) in [6, 6.07) is 20.9. The molecule has 0 aromatic heterocycles. The zero-order valence-corrected chi connectivity index (χ0v) is 69.1. The molecule has 12 atom stereocenters. The number of carbonyl (C=O) groups excluding carboxylic acids is 13. The summed E-state index contributed by atoms with van der Waals surface area (Å²) in [5.74, 6) is -9.35. The highest BCUT2D eigenvalue weighted by Crippen LogP contribution is 2.64. The van der Waals surface area contributed by atoms with E-state index in [1.807, 2.05) is 12.2 Å². The van der Waals surface area contributed by atoms with Gasteiger partial charge in [-0.3, -0.25) is 47.9 Å². The standard InChI is InChI=1S/C92H115N5O22/c1-9-11-13-15-16-17-18-19-20-21-22-23-24-25-26-27-28-29-40-51-75(104)96-69(70(101)50-39-14-12-10-2)49-41-42-54-93-76(105)58-95-74(103)53-52-68(100)57-94-77(106)59-113-60-78(107)117-82(80(65-43-33-30-34-44-65)97-86(109)66-45-35-31-36-46-66)88(111)116-71-56-92(112)85(118-87(110)67-47-37-32-38-48-67)83-90(8,72(102)55-73-91(83,61-114-73)119-64(5)99)84(108)81(115-63(4)98)79(62(71)3)89(92,6)7/h2,11,13,16-17,19-20,22-23,25-26,28-38,43-48,69,71-73,80-83,85,102,112H,9,12,14-15,18,21,24,27,39-42,49-61H2,1,3-8H3,(H,93,105)(H,94,106)(H,95,103)(H,96,104)(H,97,109)/b13-11-,17-16-,20-19-,23-22-,26-25-,29-28-/t69-,71-,72-,73+,80?,81+,82+,83-,85-,90+,91-,92+/m0/s1. The first-order chi connectivity index (χ1) is 57.0. The zero-order chi connectivity index (χ0) is 86.6. The lowest BCUT2D eigenvalue weighted by Gasteiger charge is -2.67. The summed E-state index contributed by atoms with van der Waals surface area (Å²) in [6.07, 6.45) is 27.8. The highest BCUT2D eigenvalue weighted by molar-refractivity contribution is 5.97. The van der Waals surface area contributed by atoms with Gasteiger partial charge in [0.25, 0.3) is 5.91 Å². The monoisotopic (exact) mass is 1640 g/mol. The Morgan fingerprint density at radius 3 is 1.82 bits per heavy atom. The van der Waals surface area contributed by atoms with Gasteiger partial charge in [0.15, 0.2) is 29.1 Å². The molecule has 27 nitrogen and oxygen atoms in total. The van der Waals surface area contributed by atoms with E-state index in [9.17, 15) is 63.0 Å². The average Bonchev–Trinajstić information content (AvgIpc) is 0.668. The molecule has 4 aliphatic rings. The van der Waals surface area contributed by atoms with Gasteiger partial charge in [-0.15, -0.1) is 12.3 Å². The Hall–Kier alpha value is -11.1. The SMILES string of the molecule is C#CCCCCC(=O)[C@H](CCCCNC(=O)CNC(=O)CCC(=O)CNC(=O)COCC(=O)O[C@@H](C(=O)O[C@H]1C[C@@]2(O)[C@@H](OC(=O)c3ccccc3)[C@@H]3[C@]4(OC(C)=O)CO[C@@H]4C[C@H](O)[C@@]3(C)C(=O)[C@H](OC(C)=O)C(=C1C)C2(C)C)C(NC(=O)c1ccccc1)c1ccccc1)NC(=O)CC/C=C\C/C=C\C/C=C\C/C=C\C/C=C\C/C=C\CC. The Morgan fingerprint density at radius 1 is 0.639 bits per heavy atom. The normalized spacial score (nSPS) is 22.5. The molecule has 0 radical (unpaired) electrons. The number of esters is 5. The van der Waals surface area contributed by atoms with Crippen molar-refractivity contribution >= 4 is 76.7 Å². The van der Waals surface area contributed by atoms with Gasteiger partial charge in [-0.25, -0.2) is 14.4 Å². The minimum absolute atomic E-state index is 0.0157. The molecular formula is C92H115N5O22. The van der Waals surface area contributed by atoms with Crippen LogP contribution in [0.3, 0.4) is 0 Å². The molecule has 3 aliphatic carbocycles. The van der Waals surface area contributed by atoms with Crippen molar-refractivity contribution in [3.63, 3.8) is 0 Å². The van der Waals surface area contributed by atoms with Crippen molar-refractivity contribution in [1.82, 2.24) is 26.6 Å². The van der Waals surface area contributed by atoms with Crippen molar-refractivity contribution in [2.75, 3.05) is 39.5 Å². The number of benzene rings is 3. The van der Waals surface area contributed by atoms with Gasteiger partial charge in [-0.05, 0) is 132 Å². The first kappa shape index (κ1) is 95.1. The summed E-state index contributed by atoms with van der Waals surface area (Å²) in [5.41, 5.74) is -8.33. The molecule has 27 heteroatoms. The number of hydrogen-bond donors (Lipinski definition) is 7. The molecule has 1 saturated heterocycles. The number of fused-ring (bicyclic) bond motifs is 5. The van der Waals surface area contributed by atoms with Crippen LogP contribution in [0.15, 0.2) is 175 Å². The van der Waals surface area contributed by atoms with Gasteiger partial charge < -0.3 is 70.0 Å². The maximum Gasteiger partial charge on any atom is 0.350 e. The van der Waals surface area contributed by atoms with Crippen LogP contribution < -0.4 is 26.6 Å². The number of ether oxygens (including phenoxy) is 7. The van der Waals surface area contributed by atoms with Gasteiger partial charge in [0.1, 0.15) is 43.2 Å². The quantitative estimate of drug-likeness (QED) is 0.00908. The summed E-state index contributed by atoms with van der Waals surface area (Å²) in [6.45, 7) is 6.99. The highest BCUT2D eigenvalue weighted by atomic mass is 16.6. The van der Waals surface area contributed by atoms with Crippen molar-refractivity contribution in [2.24, 2.45) is 16.7 Å². The summed E-state index contributed by atoms with van der Waals surface area (Å²) in [7, 11) is 0. The third-order valence-electron chi connectivity index (χ3n) is 21.8. The second-order valence-electron chi connectivity index (χ2n) is 30.7. The van der Waals surface area contributed by atoms with Gasteiger partial charge >= 0.3 is 29.8 Å².